The van der Waals surface area contributed by atoms with Crippen molar-refractivity contribution < 1.29 is 5.11 Å². The van der Waals surface area contributed by atoms with Gasteiger partial charge in [-0.2, -0.15) is 0 Å². The van der Waals surface area contributed by atoms with Crippen molar-refractivity contribution in [2.24, 2.45) is 11.8 Å². The highest BCUT2D eigenvalue weighted by molar-refractivity contribution is 5.01. The molecular weight excluding hydrogens is 174 g/mol. The molecule has 3 atom stereocenters. The Morgan fingerprint density at radius 1 is 1.29 bits per heavy atom. The highest BCUT2D eigenvalue weighted by Crippen LogP contribution is 2.39. The summed E-state index contributed by atoms with van der Waals surface area (Å²) in [5, 5.41) is 13.3. The molecule has 0 saturated heterocycles. The molecule has 2 aliphatic carbocycles. The second kappa shape index (κ2) is 3.82. The molecule has 0 heterocycles. The molecule has 2 rings (SSSR count). The molecule has 2 heteroatoms. The zero-order valence-electron chi connectivity index (χ0n) is 9.42. The summed E-state index contributed by atoms with van der Waals surface area (Å²) in [7, 11) is 0. The lowest BCUT2D eigenvalue weighted by Gasteiger charge is -2.45. The summed E-state index contributed by atoms with van der Waals surface area (Å²) in [6, 6.07) is 0.704. The van der Waals surface area contributed by atoms with Crippen LogP contribution in [0.5, 0.6) is 0 Å². The van der Waals surface area contributed by atoms with Gasteiger partial charge in [-0.15, -0.1) is 0 Å². The molecule has 0 aromatic carbocycles. The van der Waals surface area contributed by atoms with Gasteiger partial charge in [0.1, 0.15) is 0 Å². The Labute approximate surface area is 87.1 Å². The molecule has 2 saturated carbocycles. The van der Waals surface area contributed by atoms with E-state index in [4.69, 9.17) is 0 Å². The normalized spacial score (nSPS) is 43.9. The minimum atomic E-state index is 0.0405. The second-order valence-electron chi connectivity index (χ2n) is 5.39. The van der Waals surface area contributed by atoms with E-state index in [0.717, 1.165) is 12.3 Å². The van der Waals surface area contributed by atoms with Gasteiger partial charge in [0.05, 0.1) is 6.61 Å². The van der Waals surface area contributed by atoms with Crippen molar-refractivity contribution in [2.75, 3.05) is 6.61 Å². The monoisotopic (exact) mass is 197 g/mol. The van der Waals surface area contributed by atoms with Gasteiger partial charge < -0.3 is 10.4 Å². The van der Waals surface area contributed by atoms with Gasteiger partial charge in [0, 0.05) is 11.6 Å². The molecule has 0 amide bonds. The molecule has 0 radical (unpaired) electrons. The minimum absolute atomic E-state index is 0.0405. The van der Waals surface area contributed by atoms with Crippen LogP contribution in [0, 0.1) is 11.8 Å². The van der Waals surface area contributed by atoms with E-state index < -0.39 is 0 Å². The molecular formula is C12H23NO. The summed E-state index contributed by atoms with van der Waals surface area (Å²) in [6.07, 6.45) is 6.37. The maximum absolute atomic E-state index is 9.64. The maximum atomic E-state index is 9.64. The van der Waals surface area contributed by atoms with Gasteiger partial charge >= 0.3 is 0 Å². The third kappa shape index (κ3) is 1.82. The molecule has 2 fully saturated rings. The largest absolute Gasteiger partial charge is 0.394 e. The Morgan fingerprint density at radius 2 is 2.00 bits per heavy atom. The fourth-order valence-electron chi connectivity index (χ4n) is 2.87. The van der Waals surface area contributed by atoms with Gasteiger partial charge in [0.15, 0.2) is 0 Å². The summed E-state index contributed by atoms with van der Waals surface area (Å²) in [4.78, 5) is 0. The van der Waals surface area contributed by atoms with E-state index in [9.17, 15) is 5.11 Å². The Kier molecular flexibility index (Phi) is 2.85. The van der Waals surface area contributed by atoms with E-state index in [1.807, 2.05) is 0 Å². The molecule has 2 N–H and O–H groups in total. The van der Waals surface area contributed by atoms with Gasteiger partial charge in [0.25, 0.3) is 0 Å². The highest BCUT2D eigenvalue weighted by atomic mass is 16.3. The van der Waals surface area contributed by atoms with Gasteiger partial charge in [0.2, 0.25) is 0 Å². The Hall–Kier alpha value is -0.0800. The molecule has 0 aromatic heterocycles. The predicted molar refractivity (Wildman–Crippen MR) is 58.2 cm³/mol. The first-order valence-electron chi connectivity index (χ1n) is 6.06. The molecule has 3 unspecified atom stereocenters. The van der Waals surface area contributed by atoms with Crippen LogP contribution in [0.4, 0.5) is 0 Å². The predicted octanol–water partition coefficient (Wildman–Crippen LogP) is 1.93. The van der Waals surface area contributed by atoms with Crippen molar-refractivity contribution in [3.8, 4) is 0 Å². The summed E-state index contributed by atoms with van der Waals surface area (Å²) in [6.45, 7) is 4.94. The molecule has 14 heavy (non-hydrogen) atoms. The summed E-state index contributed by atoms with van der Waals surface area (Å²) in [5.74, 6) is 1.36. The van der Waals surface area contributed by atoms with Crippen molar-refractivity contribution in [3.63, 3.8) is 0 Å². The van der Waals surface area contributed by atoms with E-state index in [1.165, 1.54) is 25.7 Å². The van der Waals surface area contributed by atoms with Crippen LogP contribution >= 0.6 is 0 Å². The first-order chi connectivity index (χ1) is 6.68. The second-order valence-corrected chi connectivity index (χ2v) is 5.39. The number of aliphatic hydroxyl groups excluding tert-OH is 1. The van der Waals surface area contributed by atoms with Crippen LogP contribution in [0.3, 0.4) is 0 Å². The molecule has 2 aliphatic rings. The van der Waals surface area contributed by atoms with Crippen LogP contribution in [0.1, 0.15) is 46.0 Å². The average molecular weight is 197 g/mol. The molecule has 0 bridgehead atoms. The van der Waals surface area contributed by atoms with Crippen molar-refractivity contribution >= 4 is 0 Å². The van der Waals surface area contributed by atoms with Crippen LogP contribution in [0.15, 0.2) is 0 Å². The highest BCUT2D eigenvalue weighted by Gasteiger charge is 2.43. The molecule has 0 aliphatic heterocycles. The van der Waals surface area contributed by atoms with Crippen LogP contribution in [0.25, 0.3) is 0 Å². The van der Waals surface area contributed by atoms with Crippen molar-refractivity contribution in [1.29, 1.82) is 0 Å². The SMILES string of the molecule is CC1CCCC(CO)(NC2CC2)C1C. The number of hydrogen-bond acceptors (Lipinski definition) is 2. The van der Waals surface area contributed by atoms with E-state index in [-0.39, 0.29) is 5.54 Å². The van der Waals surface area contributed by atoms with E-state index in [2.05, 4.69) is 19.2 Å². The van der Waals surface area contributed by atoms with Gasteiger partial charge in [-0.3, -0.25) is 0 Å². The van der Waals surface area contributed by atoms with E-state index >= 15 is 0 Å². The van der Waals surface area contributed by atoms with E-state index in [1.54, 1.807) is 0 Å². The van der Waals surface area contributed by atoms with Gasteiger partial charge in [-0.1, -0.05) is 26.7 Å². The van der Waals surface area contributed by atoms with Crippen LogP contribution in [-0.4, -0.2) is 23.3 Å². The number of aliphatic hydroxyl groups is 1. The Bertz CT molecular complexity index is 202. The zero-order chi connectivity index (χ0) is 10.2. The standard InChI is InChI=1S/C12H23NO/c1-9-4-3-7-12(8-14,10(9)2)13-11-5-6-11/h9-11,13-14H,3-8H2,1-2H3. The Balaban J connectivity index is 2.06. The van der Waals surface area contributed by atoms with Crippen LogP contribution in [0.2, 0.25) is 0 Å². The lowest BCUT2D eigenvalue weighted by atomic mass is 9.68. The summed E-state index contributed by atoms with van der Waals surface area (Å²) in [5.41, 5.74) is 0.0405. The lowest BCUT2D eigenvalue weighted by Crippen LogP contribution is -2.57. The molecule has 0 spiro atoms. The number of hydrogen-bond donors (Lipinski definition) is 2. The maximum Gasteiger partial charge on any atom is 0.0616 e. The zero-order valence-corrected chi connectivity index (χ0v) is 9.42. The first kappa shape index (κ1) is 10.4. The minimum Gasteiger partial charge on any atom is -0.394 e. The number of rotatable bonds is 3. The van der Waals surface area contributed by atoms with Crippen LogP contribution in [-0.2, 0) is 0 Å². The topological polar surface area (TPSA) is 32.3 Å². The third-order valence-electron chi connectivity index (χ3n) is 4.36. The molecule has 2 nitrogen and oxygen atoms in total. The number of nitrogens with one attached hydrogen (secondary N) is 1. The van der Waals surface area contributed by atoms with Crippen molar-refractivity contribution in [1.82, 2.24) is 5.32 Å². The quantitative estimate of drug-likeness (QED) is 0.724. The van der Waals surface area contributed by atoms with Gasteiger partial charge in [-0.25, -0.2) is 0 Å². The fraction of sp³-hybridized carbons (Fsp3) is 1.00. The van der Waals surface area contributed by atoms with E-state index in [0.29, 0.717) is 18.6 Å². The van der Waals surface area contributed by atoms with Crippen molar-refractivity contribution in [3.05, 3.63) is 0 Å². The molecule has 82 valence electrons. The van der Waals surface area contributed by atoms with Crippen molar-refractivity contribution in [2.45, 2.75) is 57.5 Å². The fourth-order valence-corrected chi connectivity index (χ4v) is 2.87. The van der Waals surface area contributed by atoms with Crippen LogP contribution < -0.4 is 5.32 Å². The van der Waals surface area contributed by atoms with Gasteiger partial charge in [-0.05, 0) is 31.1 Å². The average Bonchev–Trinajstić information content (AvgIpc) is 2.97. The first-order valence-corrected chi connectivity index (χ1v) is 6.06. The smallest absolute Gasteiger partial charge is 0.0616 e. The Morgan fingerprint density at radius 3 is 2.57 bits per heavy atom. The lowest BCUT2D eigenvalue weighted by molar-refractivity contribution is 0.0437. The summed E-state index contributed by atoms with van der Waals surface area (Å²) < 4.78 is 0. The summed E-state index contributed by atoms with van der Waals surface area (Å²) >= 11 is 0. The molecule has 0 aromatic rings. The third-order valence-corrected chi connectivity index (χ3v) is 4.36.